The molecule has 0 bridgehead atoms. The van der Waals surface area contributed by atoms with Gasteiger partial charge in [-0.25, -0.2) is 0 Å². The molecule has 63 heavy (non-hydrogen) atoms. The molecule has 0 aliphatic carbocycles. The van der Waals surface area contributed by atoms with Crippen molar-refractivity contribution < 1.29 is 39.8 Å². The SMILES string of the molecule is CCCCCC/C=C\C/C=C\CCCCCCCCCC(=O)NC(COC1OC(CO)C(O)C(O)C1O)C(O)/C=C/CC/C=C/CCCCCCCCCCCCCCCCCC. The molecule has 1 aliphatic heterocycles. The largest absolute Gasteiger partial charge is 0.394 e. The summed E-state index contributed by atoms with van der Waals surface area (Å²) in [6.45, 7) is 3.75. The summed E-state index contributed by atoms with van der Waals surface area (Å²) in [7, 11) is 0. The third-order valence-electron chi connectivity index (χ3n) is 12.4. The quantitative estimate of drug-likeness (QED) is 0.0262. The van der Waals surface area contributed by atoms with E-state index in [-0.39, 0.29) is 12.5 Å². The Labute approximate surface area is 386 Å². The van der Waals surface area contributed by atoms with Crippen LogP contribution in [0.15, 0.2) is 48.6 Å². The molecule has 1 amide bonds. The summed E-state index contributed by atoms with van der Waals surface area (Å²) in [5.74, 6) is -0.194. The molecule has 0 saturated carbocycles. The maximum atomic E-state index is 13.0. The Kier molecular flexibility index (Phi) is 41.3. The van der Waals surface area contributed by atoms with Crippen LogP contribution >= 0.6 is 0 Å². The Bertz CT molecular complexity index is 1130. The van der Waals surface area contributed by atoms with E-state index in [2.05, 4.69) is 55.6 Å². The van der Waals surface area contributed by atoms with Gasteiger partial charge in [0, 0.05) is 6.42 Å². The van der Waals surface area contributed by atoms with Crippen LogP contribution in [-0.4, -0.2) is 87.5 Å². The number of aliphatic hydroxyl groups excluding tert-OH is 5. The van der Waals surface area contributed by atoms with Crippen LogP contribution in [0.3, 0.4) is 0 Å². The molecule has 0 aromatic carbocycles. The second-order valence-corrected chi connectivity index (χ2v) is 18.3. The molecule has 9 heteroatoms. The third kappa shape index (κ3) is 34.2. The minimum Gasteiger partial charge on any atom is -0.394 e. The smallest absolute Gasteiger partial charge is 0.220 e. The minimum absolute atomic E-state index is 0.194. The summed E-state index contributed by atoms with van der Waals surface area (Å²) >= 11 is 0. The van der Waals surface area contributed by atoms with Crippen LogP contribution < -0.4 is 5.32 Å². The molecular formula is C54H99NO8. The molecule has 0 spiro atoms. The third-order valence-corrected chi connectivity index (χ3v) is 12.4. The van der Waals surface area contributed by atoms with Crippen LogP contribution in [0, 0.1) is 0 Å². The molecule has 7 unspecified atom stereocenters. The van der Waals surface area contributed by atoms with Gasteiger partial charge in [-0.1, -0.05) is 210 Å². The van der Waals surface area contributed by atoms with Crippen LogP contribution in [0.2, 0.25) is 0 Å². The number of hydrogen-bond acceptors (Lipinski definition) is 8. The summed E-state index contributed by atoms with van der Waals surface area (Å²) < 4.78 is 11.2. The highest BCUT2D eigenvalue weighted by Gasteiger charge is 2.44. The first-order valence-electron chi connectivity index (χ1n) is 26.4. The van der Waals surface area contributed by atoms with E-state index in [1.54, 1.807) is 6.08 Å². The van der Waals surface area contributed by atoms with Crippen LogP contribution in [0.4, 0.5) is 0 Å². The van der Waals surface area contributed by atoms with Gasteiger partial charge in [0.1, 0.15) is 24.4 Å². The second-order valence-electron chi connectivity index (χ2n) is 18.3. The maximum absolute atomic E-state index is 13.0. The van der Waals surface area contributed by atoms with Crippen LogP contribution in [-0.2, 0) is 14.3 Å². The number of ether oxygens (including phenoxy) is 2. The zero-order valence-electron chi connectivity index (χ0n) is 40.6. The summed E-state index contributed by atoms with van der Waals surface area (Å²) in [6.07, 6.45) is 50.2. The van der Waals surface area contributed by atoms with Crippen LogP contribution in [0.1, 0.15) is 232 Å². The van der Waals surface area contributed by atoms with Crippen molar-refractivity contribution in [3.8, 4) is 0 Å². The van der Waals surface area contributed by atoms with Crippen molar-refractivity contribution in [3.05, 3.63) is 48.6 Å². The van der Waals surface area contributed by atoms with E-state index in [4.69, 9.17) is 9.47 Å². The molecule has 0 aromatic rings. The maximum Gasteiger partial charge on any atom is 0.220 e. The van der Waals surface area contributed by atoms with E-state index in [1.807, 2.05) is 6.08 Å². The average Bonchev–Trinajstić information content (AvgIpc) is 3.28. The number of nitrogens with one attached hydrogen (secondary N) is 1. The number of rotatable bonds is 44. The predicted octanol–water partition coefficient (Wildman–Crippen LogP) is 12.2. The second kappa shape index (κ2) is 44.0. The van der Waals surface area contributed by atoms with Crippen molar-refractivity contribution in [2.24, 2.45) is 0 Å². The lowest BCUT2D eigenvalue weighted by molar-refractivity contribution is -0.302. The van der Waals surface area contributed by atoms with Gasteiger partial charge in [0.05, 0.1) is 25.4 Å². The number of allylic oxidation sites excluding steroid dienone is 7. The number of amides is 1. The van der Waals surface area contributed by atoms with Gasteiger partial charge in [-0.3, -0.25) is 4.79 Å². The fourth-order valence-electron chi connectivity index (χ4n) is 8.14. The van der Waals surface area contributed by atoms with Gasteiger partial charge in [0.25, 0.3) is 0 Å². The molecule has 1 aliphatic rings. The topological polar surface area (TPSA) is 149 Å². The lowest BCUT2D eigenvalue weighted by Crippen LogP contribution is -2.60. The number of unbranched alkanes of at least 4 members (excludes halogenated alkanes) is 28. The molecule has 6 N–H and O–H groups in total. The lowest BCUT2D eigenvalue weighted by Gasteiger charge is -2.40. The van der Waals surface area contributed by atoms with Gasteiger partial charge in [0.15, 0.2) is 6.29 Å². The van der Waals surface area contributed by atoms with Gasteiger partial charge in [-0.05, 0) is 64.2 Å². The number of carbonyl (C=O) groups excluding carboxylic acids is 1. The number of carbonyl (C=O) groups is 1. The Morgan fingerprint density at radius 2 is 0.952 bits per heavy atom. The highest BCUT2D eigenvalue weighted by Crippen LogP contribution is 2.23. The summed E-state index contributed by atoms with van der Waals surface area (Å²) in [5, 5.41) is 54.4. The standard InChI is InChI=1S/C54H99NO8/c1-3-5-7-9-11-13-15-17-19-21-23-24-25-26-27-29-31-33-35-37-39-41-43-48(57)47(46-62-54-53(61)52(60)51(59)49(45-56)63-54)55-50(58)44-42-40-38-36-34-32-30-28-22-20-18-16-14-12-10-8-6-4-2/h14,16,20,22,33,35,41,43,47-49,51-54,56-57,59-61H,3-13,15,17-19,21,23-32,34,36-40,42,44-46H2,1-2H3,(H,55,58)/b16-14-,22-20-,35-33+,43-41+. The fourth-order valence-corrected chi connectivity index (χ4v) is 8.14. The summed E-state index contributed by atoms with van der Waals surface area (Å²) in [5.41, 5.74) is 0. The van der Waals surface area contributed by atoms with E-state index in [9.17, 15) is 30.3 Å². The zero-order valence-corrected chi connectivity index (χ0v) is 40.6. The Morgan fingerprint density at radius 1 is 0.540 bits per heavy atom. The fraction of sp³-hybridized carbons (Fsp3) is 0.833. The summed E-state index contributed by atoms with van der Waals surface area (Å²) in [4.78, 5) is 13.0. The molecule has 7 atom stereocenters. The molecule has 9 nitrogen and oxygen atoms in total. The monoisotopic (exact) mass is 890 g/mol. The molecule has 1 fully saturated rings. The van der Waals surface area contributed by atoms with Crippen molar-refractivity contribution >= 4 is 5.91 Å². The van der Waals surface area contributed by atoms with Gasteiger partial charge < -0.3 is 40.3 Å². The minimum atomic E-state index is -1.57. The molecule has 1 heterocycles. The molecule has 1 rings (SSSR count). The van der Waals surface area contributed by atoms with Gasteiger partial charge in [-0.2, -0.15) is 0 Å². The van der Waals surface area contributed by atoms with Crippen molar-refractivity contribution in [2.45, 2.75) is 275 Å². The lowest BCUT2D eigenvalue weighted by atomic mass is 9.99. The first-order valence-corrected chi connectivity index (χ1v) is 26.4. The van der Waals surface area contributed by atoms with E-state index in [0.717, 1.165) is 57.8 Å². The van der Waals surface area contributed by atoms with Crippen molar-refractivity contribution in [1.82, 2.24) is 5.32 Å². The molecule has 0 aromatic heterocycles. The average molecular weight is 890 g/mol. The predicted molar refractivity (Wildman–Crippen MR) is 263 cm³/mol. The summed E-state index contributed by atoms with van der Waals surface area (Å²) in [6, 6.07) is -0.827. The van der Waals surface area contributed by atoms with Gasteiger partial charge >= 0.3 is 0 Å². The Morgan fingerprint density at radius 3 is 1.44 bits per heavy atom. The van der Waals surface area contributed by atoms with E-state index in [0.29, 0.717) is 6.42 Å². The van der Waals surface area contributed by atoms with Gasteiger partial charge in [-0.15, -0.1) is 0 Å². The zero-order chi connectivity index (χ0) is 45.9. The first-order chi connectivity index (χ1) is 30.8. The normalized spacial score (nSPS) is 20.5. The number of hydrogen-bond donors (Lipinski definition) is 6. The van der Waals surface area contributed by atoms with Crippen LogP contribution in [0.25, 0.3) is 0 Å². The van der Waals surface area contributed by atoms with Gasteiger partial charge in [0.2, 0.25) is 5.91 Å². The molecule has 1 saturated heterocycles. The Balaban J connectivity index is 2.32. The molecular weight excluding hydrogens is 791 g/mol. The van der Waals surface area contributed by atoms with E-state index in [1.165, 1.54) is 154 Å². The van der Waals surface area contributed by atoms with E-state index >= 15 is 0 Å². The number of aliphatic hydroxyl groups is 5. The van der Waals surface area contributed by atoms with Crippen molar-refractivity contribution in [3.63, 3.8) is 0 Å². The highest BCUT2D eigenvalue weighted by molar-refractivity contribution is 5.76. The molecule has 0 radical (unpaired) electrons. The van der Waals surface area contributed by atoms with Crippen molar-refractivity contribution in [1.29, 1.82) is 0 Å². The first kappa shape index (κ1) is 59.2. The highest BCUT2D eigenvalue weighted by atomic mass is 16.7. The molecule has 368 valence electrons. The van der Waals surface area contributed by atoms with Crippen LogP contribution in [0.5, 0.6) is 0 Å². The van der Waals surface area contributed by atoms with E-state index < -0.39 is 49.5 Å². The Hall–Kier alpha value is -1.85. The van der Waals surface area contributed by atoms with Crippen molar-refractivity contribution in [2.75, 3.05) is 13.2 Å².